The van der Waals surface area contributed by atoms with Crippen molar-refractivity contribution in [1.29, 1.82) is 0 Å². The van der Waals surface area contributed by atoms with E-state index in [-0.39, 0.29) is 5.60 Å². The van der Waals surface area contributed by atoms with Crippen molar-refractivity contribution in [3.05, 3.63) is 0 Å². The summed E-state index contributed by atoms with van der Waals surface area (Å²) in [6.07, 6.45) is 2.04. The van der Waals surface area contributed by atoms with E-state index in [0.29, 0.717) is 6.61 Å². The summed E-state index contributed by atoms with van der Waals surface area (Å²) in [4.78, 5) is 0. The first-order valence-electron chi connectivity index (χ1n) is 5.74. The van der Waals surface area contributed by atoms with E-state index in [1.165, 1.54) is 0 Å². The Morgan fingerprint density at radius 1 is 1.47 bits per heavy atom. The summed E-state index contributed by atoms with van der Waals surface area (Å²) in [6.45, 7) is 7.02. The number of ether oxygens (including phenoxy) is 3. The molecular weight excluding hydrogens is 194 g/mol. The SMILES string of the molecule is CCOCCCNCC1(OC)CCOC1. The highest BCUT2D eigenvalue weighted by Gasteiger charge is 2.34. The maximum Gasteiger partial charge on any atom is 0.106 e. The molecule has 0 spiro atoms. The summed E-state index contributed by atoms with van der Waals surface area (Å²) in [5, 5.41) is 3.39. The van der Waals surface area contributed by atoms with Crippen LogP contribution in [-0.4, -0.2) is 52.2 Å². The van der Waals surface area contributed by atoms with E-state index < -0.39 is 0 Å². The predicted molar refractivity (Wildman–Crippen MR) is 59.2 cm³/mol. The molecule has 0 bridgehead atoms. The molecule has 90 valence electrons. The van der Waals surface area contributed by atoms with Gasteiger partial charge < -0.3 is 19.5 Å². The normalized spacial score (nSPS) is 26.0. The zero-order valence-electron chi connectivity index (χ0n) is 9.88. The van der Waals surface area contributed by atoms with Crippen LogP contribution in [0.1, 0.15) is 19.8 Å². The molecule has 1 atom stereocenters. The van der Waals surface area contributed by atoms with Gasteiger partial charge in [-0.3, -0.25) is 0 Å². The minimum Gasteiger partial charge on any atom is -0.382 e. The molecule has 1 rings (SSSR count). The van der Waals surface area contributed by atoms with Gasteiger partial charge in [0, 0.05) is 39.9 Å². The highest BCUT2D eigenvalue weighted by Crippen LogP contribution is 2.21. The third kappa shape index (κ3) is 4.47. The van der Waals surface area contributed by atoms with Gasteiger partial charge in [0.1, 0.15) is 5.60 Å². The molecule has 1 fully saturated rings. The number of rotatable bonds is 8. The molecule has 0 radical (unpaired) electrons. The lowest BCUT2D eigenvalue weighted by Gasteiger charge is -2.25. The van der Waals surface area contributed by atoms with Crippen molar-refractivity contribution < 1.29 is 14.2 Å². The predicted octanol–water partition coefficient (Wildman–Crippen LogP) is 0.808. The van der Waals surface area contributed by atoms with Gasteiger partial charge in [0.2, 0.25) is 0 Å². The minimum atomic E-state index is -0.0917. The number of methoxy groups -OCH3 is 1. The van der Waals surface area contributed by atoms with E-state index >= 15 is 0 Å². The fraction of sp³-hybridized carbons (Fsp3) is 1.00. The quantitative estimate of drug-likeness (QED) is 0.611. The van der Waals surface area contributed by atoms with Crippen LogP contribution < -0.4 is 5.32 Å². The van der Waals surface area contributed by atoms with Crippen molar-refractivity contribution in [1.82, 2.24) is 5.32 Å². The van der Waals surface area contributed by atoms with E-state index in [1.807, 2.05) is 6.92 Å². The highest BCUT2D eigenvalue weighted by molar-refractivity contribution is 4.86. The summed E-state index contributed by atoms with van der Waals surface area (Å²) in [6, 6.07) is 0. The zero-order chi connectivity index (χ0) is 11.0. The van der Waals surface area contributed by atoms with Crippen molar-refractivity contribution in [3.63, 3.8) is 0 Å². The van der Waals surface area contributed by atoms with Crippen molar-refractivity contribution >= 4 is 0 Å². The molecule has 0 aromatic carbocycles. The molecular formula is C11H23NO3. The Hall–Kier alpha value is -0.160. The largest absolute Gasteiger partial charge is 0.382 e. The molecule has 1 unspecified atom stereocenters. The van der Waals surface area contributed by atoms with Crippen molar-refractivity contribution in [2.75, 3.05) is 46.6 Å². The van der Waals surface area contributed by atoms with Crippen LogP contribution in [0.2, 0.25) is 0 Å². The Balaban J connectivity index is 2.02. The molecule has 0 aliphatic carbocycles. The number of nitrogens with one attached hydrogen (secondary N) is 1. The Labute approximate surface area is 92.3 Å². The first-order valence-corrected chi connectivity index (χ1v) is 5.74. The van der Waals surface area contributed by atoms with Crippen LogP contribution in [-0.2, 0) is 14.2 Å². The maximum atomic E-state index is 5.51. The Morgan fingerprint density at radius 3 is 2.93 bits per heavy atom. The average molecular weight is 217 g/mol. The van der Waals surface area contributed by atoms with Gasteiger partial charge in [-0.2, -0.15) is 0 Å². The Bertz CT molecular complexity index is 158. The van der Waals surface area contributed by atoms with E-state index in [2.05, 4.69) is 5.32 Å². The van der Waals surface area contributed by atoms with E-state index in [1.54, 1.807) is 7.11 Å². The summed E-state index contributed by atoms with van der Waals surface area (Å²) >= 11 is 0. The molecule has 1 N–H and O–H groups in total. The molecule has 0 saturated carbocycles. The molecule has 0 aromatic heterocycles. The lowest BCUT2D eigenvalue weighted by molar-refractivity contribution is -0.0158. The molecule has 0 amide bonds. The highest BCUT2D eigenvalue weighted by atomic mass is 16.5. The first kappa shape index (κ1) is 12.9. The molecule has 1 saturated heterocycles. The topological polar surface area (TPSA) is 39.7 Å². The van der Waals surface area contributed by atoms with Gasteiger partial charge in [-0.25, -0.2) is 0 Å². The third-order valence-electron chi connectivity index (χ3n) is 2.79. The summed E-state index contributed by atoms with van der Waals surface area (Å²) < 4.78 is 16.1. The van der Waals surface area contributed by atoms with Crippen LogP contribution in [0.15, 0.2) is 0 Å². The lowest BCUT2D eigenvalue weighted by atomic mass is 10.0. The summed E-state index contributed by atoms with van der Waals surface area (Å²) in [7, 11) is 1.76. The maximum absolute atomic E-state index is 5.51. The zero-order valence-corrected chi connectivity index (χ0v) is 9.88. The molecule has 1 aliphatic heterocycles. The van der Waals surface area contributed by atoms with Crippen LogP contribution in [0.3, 0.4) is 0 Å². The van der Waals surface area contributed by atoms with Crippen LogP contribution in [0, 0.1) is 0 Å². The standard InChI is InChI=1S/C11H23NO3/c1-3-14-7-4-6-12-9-11(13-2)5-8-15-10-11/h12H,3-10H2,1-2H3. The Morgan fingerprint density at radius 2 is 2.33 bits per heavy atom. The van der Waals surface area contributed by atoms with Gasteiger partial charge in [0.05, 0.1) is 6.61 Å². The first-order chi connectivity index (χ1) is 7.33. The number of hydrogen-bond donors (Lipinski definition) is 1. The van der Waals surface area contributed by atoms with Crippen LogP contribution >= 0.6 is 0 Å². The van der Waals surface area contributed by atoms with Gasteiger partial charge in [0.15, 0.2) is 0 Å². The average Bonchev–Trinajstić information content (AvgIpc) is 2.73. The monoisotopic (exact) mass is 217 g/mol. The van der Waals surface area contributed by atoms with Crippen LogP contribution in [0.5, 0.6) is 0 Å². The van der Waals surface area contributed by atoms with Crippen LogP contribution in [0.25, 0.3) is 0 Å². The molecule has 15 heavy (non-hydrogen) atoms. The molecule has 4 nitrogen and oxygen atoms in total. The van der Waals surface area contributed by atoms with Gasteiger partial charge in [0.25, 0.3) is 0 Å². The summed E-state index contributed by atoms with van der Waals surface area (Å²) in [5.41, 5.74) is -0.0917. The third-order valence-corrected chi connectivity index (χ3v) is 2.79. The van der Waals surface area contributed by atoms with Crippen molar-refractivity contribution in [2.24, 2.45) is 0 Å². The second kappa shape index (κ2) is 7.17. The van der Waals surface area contributed by atoms with Gasteiger partial charge in [-0.1, -0.05) is 0 Å². The van der Waals surface area contributed by atoms with E-state index in [0.717, 1.165) is 45.8 Å². The lowest BCUT2D eigenvalue weighted by Crippen LogP contribution is -2.43. The van der Waals surface area contributed by atoms with Gasteiger partial charge in [-0.05, 0) is 19.9 Å². The second-order valence-corrected chi connectivity index (χ2v) is 3.92. The molecule has 0 aromatic rings. The van der Waals surface area contributed by atoms with Crippen molar-refractivity contribution in [2.45, 2.75) is 25.4 Å². The summed E-state index contributed by atoms with van der Waals surface area (Å²) in [5.74, 6) is 0. The number of hydrogen-bond acceptors (Lipinski definition) is 4. The fourth-order valence-electron chi connectivity index (χ4n) is 1.72. The molecule has 1 heterocycles. The second-order valence-electron chi connectivity index (χ2n) is 3.92. The molecule has 1 aliphatic rings. The smallest absolute Gasteiger partial charge is 0.106 e. The molecule has 4 heteroatoms. The Kier molecular flexibility index (Phi) is 6.17. The van der Waals surface area contributed by atoms with Gasteiger partial charge >= 0.3 is 0 Å². The van der Waals surface area contributed by atoms with Crippen LogP contribution in [0.4, 0.5) is 0 Å². The van der Waals surface area contributed by atoms with Gasteiger partial charge in [-0.15, -0.1) is 0 Å². The van der Waals surface area contributed by atoms with Crippen molar-refractivity contribution in [3.8, 4) is 0 Å². The minimum absolute atomic E-state index is 0.0917. The van der Waals surface area contributed by atoms with E-state index in [9.17, 15) is 0 Å². The fourth-order valence-corrected chi connectivity index (χ4v) is 1.72. The van der Waals surface area contributed by atoms with E-state index in [4.69, 9.17) is 14.2 Å².